The molecule has 2 aromatic carbocycles. The normalized spacial score (nSPS) is 12.0. The smallest absolute Gasteiger partial charge is 0.222 e. The predicted octanol–water partition coefficient (Wildman–Crippen LogP) is 3.40. The molecular formula is C18H19F2NO2. The summed E-state index contributed by atoms with van der Waals surface area (Å²) in [7, 11) is 1.52. The lowest BCUT2D eigenvalue weighted by atomic mass is 9.98. The number of nitrogens with one attached hydrogen (secondary N) is 1. The molecule has 0 bridgehead atoms. The molecule has 0 heterocycles. The fourth-order valence-electron chi connectivity index (χ4n) is 2.34. The number of hydrogen-bond acceptors (Lipinski definition) is 2. The van der Waals surface area contributed by atoms with Crippen molar-refractivity contribution in [3.63, 3.8) is 0 Å². The summed E-state index contributed by atoms with van der Waals surface area (Å²) in [6, 6.07) is 11.8. The second-order valence-electron chi connectivity index (χ2n) is 5.25. The standard InChI is InChI=1S/C18H19F2NO2/c1-23-9-8-18(22)21-17(14-5-3-7-16(20)12-14)11-13-4-2-6-15(19)10-13/h2-7,10,12,17H,8-9,11H2,1H3,(H,21,22). The van der Waals surface area contributed by atoms with Crippen LogP contribution >= 0.6 is 0 Å². The number of amides is 1. The van der Waals surface area contributed by atoms with Crippen molar-refractivity contribution >= 4 is 5.91 Å². The molecule has 0 aliphatic carbocycles. The molecule has 0 aliphatic heterocycles. The number of carbonyl (C=O) groups excluding carboxylic acids is 1. The Bertz CT molecular complexity index is 661. The maximum atomic E-state index is 13.5. The molecule has 0 radical (unpaired) electrons. The maximum absolute atomic E-state index is 13.5. The van der Waals surface area contributed by atoms with Gasteiger partial charge in [0, 0.05) is 13.5 Å². The molecule has 0 saturated heterocycles. The number of carbonyl (C=O) groups is 1. The van der Waals surface area contributed by atoms with E-state index in [2.05, 4.69) is 5.32 Å². The summed E-state index contributed by atoms with van der Waals surface area (Å²) in [5, 5.41) is 2.86. The molecule has 23 heavy (non-hydrogen) atoms. The minimum Gasteiger partial charge on any atom is -0.384 e. The van der Waals surface area contributed by atoms with Gasteiger partial charge in [-0.1, -0.05) is 24.3 Å². The average Bonchev–Trinajstić information content (AvgIpc) is 2.52. The number of rotatable bonds is 7. The summed E-state index contributed by atoms with van der Waals surface area (Å²) in [6.07, 6.45) is 0.589. The van der Waals surface area contributed by atoms with Crippen molar-refractivity contribution in [2.24, 2.45) is 0 Å². The van der Waals surface area contributed by atoms with E-state index < -0.39 is 6.04 Å². The summed E-state index contributed by atoms with van der Waals surface area (Å²) >= 11 is 0. The third-order valence-corrected chi connectivity index (χ3v) is 3.45. The number of hydrogen-bond donors (Lipinski definition) is 1. The van der Waals surface area contributed by atoms with Gasteiger partial charge in [0.05, 0.1) is 12.6 Å². The van der Waals surface area contributed by atoms with E-state index >= 15 is 0 Å². The maximum Gasteiger partial charge on any atom is 0.222 e. The highest BCUT2D eigenvalue weighted by Gasteiger charge is 2.16. The van der Waals surface area contributed by atoms with Crippen LogP contribution in [0.2, 0.25) is 0 Å². The Hall–Kier alpha value is -2.27. The van der Waals surface area contributed by atoms with Crippen molar-refractivity contribution < 1.29 is 18.3 Å². The number of methoxy groups -OCH3 is 1. The molecule has 1 N–H and O–H groups in total. The second-order valence-corrected chi connectivity index (χ2v) is 5.25. The van der Waals surface area contributed by atoms with Gasteiger partial charge in [0.15, 0.2) is 0 Å². The van der Waals surface area contributed by atoms with Crippen molar-refractivity contribution in [2.45, 2.75) is 18.9 Å². The molecule has 3 nitrogen and oxygen atoms in total. The molecule has 0 spiro atoms. The van der Waals surface area contributed by atoms with E-state index in [9.17, 15) is 13.6 Å². The van der Waals surface area contributed by atoms with Crippen LogP contribution in [0.5, 0.6) is 0 Å². The predicted molar refractivity (Wildman–Crippen MR) is 83.9 cm³/mol. The Labute approximate surface area is 134 Å². The monoisotopic (exact) mass is 319 g/mol. The third kappa shape index (κ3) is 5.45. The lowest BCUT2D eigenvalue weighted by molar-refractivity contribution is -0.122. The molecule has 1 atom stereocenters. The summed E-state index contributed by atoms with van der Waals surface area (Å²) in [5.41, 5.74) is 1.37. The topological polar surface area (TPSA) is 38.3 Å². The molecule has 0 aromatic heterocycles. The van der Waals surface area contributed by atoms with Crippen LogP contribution in [0.25, 0.3) is 0 Å². The summed E-state index contributed by atoms with van der Waals surface area (Å²) in [5.74, 6) is -0.915. The van der Waals surface area contributed by atoms with Crippen molar-refractivity contribution in [1.29, 1.82) is 0 Å². The first kappa shape index (κ1) is 17.1. The summed E-state index contributed by atoms with van der Waals surface area (Å²) in [4.78, 5) is 12.0. The van der Waals surface area contributed by atoms with E-state index in [1.54, 1.807) is 24.3 Å². The third-order valence-electron chi connectivity index (χ3n) is 3.45. The lowest BCUT2D eigenvalue weighted by Gasteiger charge is -2.20. The van der Waals surface area contributed by atoms with Crippen LogP contribution in [-0.2, 0) is 16.0 Å². The van der Waals surface area contributed by atoms with Crippen LogP contribution in [0, 0.1) is 11.6 Å². The molecular weight excluding hydrogens is 300 g/mol. The lowest BCUT2D eigenvalue weighted by Crippen LogP contribution is -2.30. The molecule has 2 aromatic rings. The molecule has 0 aliphatic rings. The molecule has 1 unspecified atom stereocenters. The van der Waals surface area contributed by atoms with E-state index in [4.69, 9.17) is 4.74 Å². The van der Waals surface area contributed by atoms with E-state index in [1.807, 2.05) is 0 Å². The van der Waals surface area contributed by atoms with Gasteiger partial charge in [-0.05, 0) is 41.8 Å². The SMILES string of the molecule is COCCC(=O)NC(Cc1cccc(F)c1)c1cccc(F)c1. The minimum atomic E-state index is -0.433. The highest BCUT2D eigenvalue weighted by Crippen LogP contribution is 2.20. The van der Waals surface area contributed by atoms with E-state index in [0.29, 0.717) is 18.6 Å². The molecule has 1 amide bonds. The Morgan fingerprint density at radius 1 is 1.13 bits per heavy atom. The quantitative estimate of drug-likeness (QED) is 0.849. The highest BCUT2D eigenvalue weighted by atomic mass is 19.1. The van der Waals surface area contributed by atoms with Gasteiger partial charge in [-0.2, -0.15) is 0 Å². The van der Waals surface area contributed by atoms with Crippen LogP contribution in [0.4, 0.5) is 8.78 Å². The Morgan fingerprint density at radius 2 is 1.83 bits per heavy atom. The summed E-state index contributed by atoms with van der Waals surface area (Å²) in [6.45, 7) is 0.307. The Balaban J connectivity index is 2.18. The molecule has 2 rings (SSSR count). The zero-order chi connectivity index (χ0) is 16.7. The van der Waals surface area contributed by atoms with Crippen LogP contribution in [0.1, 0.15) is 23.6 Å². The minimum absolute atomic E-state index is 0.197. The zero-order valence-electron chi connectivity index (χ0n) is 12.9. The molecule has 0 fully saturated rings. The van der Waals surface area contributed by atoms with E-state index in [0.717, 1.165) is 5.56 Å². The first-order chi connectivity index (χ1) is 11.1. The van der Waals surface area contributed by atoms with Crippen molar-refractivity contribution in [3.8, 4) is 0 Å². The van der Waals surface area contributed by atoms with Gasteiger partial charge < -0.3 is 10.1 Å². The van der Waals surface area contributed by atoms with Crippen LogP contribution in [0.15, 0.2) is 48.5 Å². The Kier molecular flexibility index (Phi) is 6.23. The van der Waals surface area contributed by atoms with Gasteiger partial charge in [-0.3, -0.25) is 4.79 Å². The Morgan fingerprint density at radius 3 is 2.48 bits per heavy atom. The van der Waals surface area contributed by atoms with Crippen molar-refractivity contribution in [1.82, 2.24) is 5.32 Å². The molecule has 122 valence electrons. The van der Waals surface area contributed by atoms with Crippen molar-refractivity contribution in [3.05, 3.63) is 71.3 Å². The van der Waals surface area contributed by atoms with Crippen molar-refractivity contribution in [2.75, 3.05) is 13.7 Å². The van der Waals surface area contributed by atoms with Crippen LogP contribution in [-0.4, -0.2) is 19.6 Å². The van der Waals surface area contributed by atoms with Crippen LogP contribution < -0.4 is 5.32 Å². The molecule has 0 saturated carbocycles. The number of halogens is 2. The average molecular weight is 319 g/mol. The van der Waals surface area contributed by atoms with E-state index in [1.165, 1.54) is 31.4 Å². The van der Waals surface area contributed by atoms with Gasteiger partial charge >= 0.3 is 0 Å². The fraction of sp³-hybridized carbons (Fsp3) is 0.278. The number of benzene rings is 2. The largest absolute Gasteiger partial charge is 0.384 e. The highest BCUT2D eigenvalue weighted by molar-refractivity contribution is 5.76. The summed E-state index contributed by atoms with van der Waals surface area (Å²) < 4.78 is 31.7. The zero-order valence-corrected chi connectivity index (χ0v) is 12.9. The van der Waals surface area contributed by atoms with E-state index in [-0.39, 0.29) is 24.0 Å². The van der Waals surface area contributed by atoms with Gasteiger partial charge in [-0.15, -0.1) is 0 Å². The van der Waals surface area contributed by atoms with Gasteiger partial charge in [0.2, 0.25) is 5.91 Å². The second kappa shape index (κ2) is 8.39. The fourth-order valence-corrected chi connectivity index (χ4v) is 2.34. The number of ether oxygens (including phenoxy) is 1. The van der Waals surface area contributed by atoms with Gasteiger partial charge in [0.25, 0.3) is 0 Å². The first-order valence-electron chi connectivity index (χ1n) is 7.36. The van der Waals surface area contributed by atoms with Crippen LogP contribution in [0.3, 0.4) is 0 Å². The molecule has 5 heteroatoms. The van der Waals surface area contributed by atoms with Gasteiger partial charge in [0.1, 0.15) is 11.6 Å². The van der Waals surface area contributed by atoms with Gasteiger partial charge in [-0.25, -0.2) is 8.78 Å². The first-order valence-corrected chi connectivity index (χ1v) is 7.36.